The molecule has 3 rings (SSSR count). The van der Waals surface area contributed by atoms with E-state index in [4.69, 9.17) is 4.74 Å². The Morgan fingerprint density at radius 3 is 2.00 bits per heavy atom. The molecule has 0 radical (unpaired) electrons. The van der Waals surface area contributed by atoms with E-state index in [1.165, 1.54) is 36.3 Å². The highest BCUT2D eigenvalue weighted by molar-refractivity contribution is 7.88. The van der Waals surface area contributed by atoms with E-state index in [9.17, 15) is 22.4 Å². The molecule has 0 aliphatic heterocycles. The Bertz CT molecular complexity index is 1310. The number of nitrogens with one attached hydrogen (secondary N) is 1. The predicted molar refractivity (Wildman–Crippen MR) is 147 cm³/mol. The zero-order chi connectivity index (χ0) is 28.3. The van der Waals surface area contributed by atoms with Gasteiger partial charge in [0.1, 0.15) is 11.9 Å². The average molecular weight is 556 g/mol. The number of nitrogens with zero attached hydrogens (tertiary/aromatic N) is 2. The molecule has 0 saturated heterocycles. The Kier molecular flexibility index (Phi) is 11.2. The van der Waals surface area contributed by atoms with Gasteiger partial charge in [0.25, 0.3) is 0 Å². The van der Waals surface area contributed by atoms with Crippen LogP contribution in [-0.2, 0) is 43.9 Å². The normalized spacial score (nSPS) is 12.2. The minimum absolute atomic E-state index is 0.000805. The van der Waals surface area contributed by atoms with Crippen LogP contribution in [0.5, 0.6) is 0 Å². The molecule has 0 aliphatic rings. The SMILES string of the molecule is COCCNC(=O)[C@H](Cc1ccccc1)N(Cc1ccc(F)cc1)C(=O)CN(Cc1ccccc1)S(C)(=O)=O. The quantitative estimate of drug-likeness (QED) is 0.309. The zero-order valence-corrected chi connectivity index (χ0v) is 22.9. The molecule has 0 aromatic heterocycles. The van der Waals surface area contributed by atoms with E-state index < -0.39 is 40.2 Å². The molecule has 3 aromatic rings. The monoisotopic (exact) mass is 555 g/mol. The van der Waals surface area contributed by atoms with Gasteiger partial charge in [-0.2, -0.15) is 4.31 Å². The summed E-state index contributed by atoms with van der Waals surface area (Å²) >= 11 is 0. The number of sulfonamides is 1. The molecule has 0 fully saturated rings. The number of amides is 2. The summed E-state index contributed by atoms with van der Waals surface area (Å²) in [6, 6.07) is 22.9. The zero-order valence-electron chi connectivity index (χ0n) is 22.1. The highest BCUT2D eigenvalue weighted by Crippen LogP contribution is 2.17. The summed E-state index contributed by atoms with van der Waals surface area (Å²) in [6.45, 7) is 0.0410. The number of rotatable bonds is 14. The molecule has 0 spiro atoms. The molecular formula is C29H34FN3O5S. The van der Waals surface area contributed by atoms with Gasteiger partial charge < -0.3 is 15.0 Å². The van der Waals surface area contributed by atoms with E-state index in [1.54, 1.807) is 24.3 Å². The highest BCUT2D eigenvalue weighted by Gasteiger charge is 2.32. The van der Waals surface area contributed by atoms with Crippen LogP contribution in [0.3, 0.4) is 0 Å². The standard InChI is InChI=1S/C29H34FN3O5S/c1-38-18-17-31-29(35)27(19-23-9-5-3-6-10-23)33(21-25-13-15-26(30)16-14-25)28(34)22-32(39(2,36)37)20-24-11-7-4-8-12-24/h3-16,27H,17-22H2,1-2H3,(H,31,35)/t27-/m0/s1. The van der Waals surface area contributed by atoms with Crippen LogP contribution in [0.15, 0.2) is 84.9 Å². The number of carbonyl (C=O) groups is 2. The Morgan fingerprint density at radius 2 is 1.44 bits per heavy atom. The van der Waals surface area contributed by atoms with Crippen LogP contribution in [0.2, 0.25) is 0 Å². The first-order valence-corrected chi connectivity index (χ1v) is 14.4. The Labute approximate surface area is 229 Å². The van der Waals surface area contributed by atoms with Crippen molar-refractivity contribution < 1.29 is 27.1 Å². The van der Waals surface area contributed by atoms with Gasteiger partial charge in [-0.3, -0.25) is 9.59 Å². The maximum absolute atomic E-state index is 13.9. The van der Waals surface area contributed by atoms with Crippen molar-refractivity contribution in [1.29, 1.82) is 0 Å². The van der Waals surface area contributed by atoms with E-state index in [2.05, 4.69) is 5.32 Å². The maximum atomic E-state index is 13.9. The number of hydrogen-bond donors (Lipinski definition) is 1. The van der Waals surface area contributed by atoms with Crippen molar-refractivity contribution in [3.63, 3.8) is 0 Å². The van der Waals surface area contributed by atoms with E-state index >= 15 is 0 Å². The average Bonchev–Trinajstić information content (AvgIpc) is 2.92. The summed E-state index contributed by atoms with van der Waals surface area (Å²) < 4.78 is 45.1. The van der Waals surface area contributed by atoms with Gasteiger partial charge in [0.2, 0.25) is 21.8 Å². The van der Waals surface area contributed by atoms with Gasteiger partial charge in [-0.25, -0.2) is 12.8 Å². The first-order chi connectivity index (χ1) is 18.7. The number of halogens is 1. The Balaban J connectivity index is 1.97. The molecule has 10 heteroatoms. The van der Waals surface area contributed by atoms with E-state index in [1.807, 2.05) is 36.4 Å². The molecule has 208 valence electrons. The lowest BCUT2D eigenvalue weighted by Gasteiger charge is -2.33. The van der Waals surface area contributed by atoms with Gasteiger partial charge in [0.05, 0.1) is 19.4 Å². The summed E-state index contributed by atoms with van der Waals surface area (Å²) in [5, 5.41) is 2.81. The Morgan fingerprint density at radius 1 is 0.872 bits per heavy atom. The first-order valence-electron chi connectivity index (χ1n) is 12.5. The molecule has 0 saturated carbocycles. The molecular weight excluding hydrogens is 521 g/mol. The summed E-state index contributed by atoms with van der Waals surface area (Å²) in [6.07, 6.45) is 1.25. The van der Waals surface area contributed by atoms with Gasteiger partial charge in [-0.1, -0.05) is 72.8 Å². The van der Waals surface area contributed by atoms with Crippen LogP contribution < -0.4 is 5.32 Å². The lowest BCUT2D eigenvalue weighted by Crippen LogP contribution is -2.53. The summed E-state index contributed by atoms with van der Waals surface area (Å²) in [4.78, 5) is 28.7. The molecule has 0 heterocycles. The topological polar surface area (TPSA) is 96.0 Å². The molecule has 0 bridgehead atoms. The van der Waals surface area contributed by atoms with Crippen LogP contribution in [-0.4, -0.2) is 68.5 Å². The van der Waals surface area contributed by atoms with Crippen molar-refractivity contribution in [2.45, 2.75) is 25.6 Å². The summed E-state index contributed by atoms with van der Waals surface area (Å²) in [7, 11) is -2.26. The molecule has 0 aliphatic carbocycles. The minimum Gasteiger partial charge on any atom is -0.383 e. The van der Waals surface area contributed by atoms with Gasteiger partial charge in [-0.05, 0) is 28.8 Å². The number of benzene rings is 3. The highest BCUT2D eigenvalue weighted by atomic mass is 32.2. The lowest BCUT2D eigenvalue weighted by atomic mass is 10.0. The van der Waals surface area contributed by atoms with Crippen LogP contribution in [0, 0.1) is 5.82 Å². The maximum Gasteiger partial charge on any atom is 0.243 e. The second-order valence-electron chi connectivity index (χ2n) is 9.15. The second-order valence-corrected chi connectivity index (χ2v) is 11.1. The van der Waals surface area contributed by atoms with E-state index in [-0.39, 0.29) is 32.7 Å². The van der Waals surface area contributed by atoms with Crippen molar-refractivity contribution in [2.24, 2.45) is 0 Å². The fraction of sp³-hybridized carbons (Fsp3) is 0.310. The molecule has 0 unspecified atom stereocenters. The third kappa shape index (κ3) is 9.58. The third-order valence-corrected chi connectivity index (χ3v) is 7.32. The minimum atomic E-state index is -3.77. The lowest BCUT2D eigenvalue weighted by molar-refractivity contribution is -0.141. The van der Waals surface area contributed by atoms with Crippen LogP contribution in [0.4, 0.5) is 4.39 Å². The largest absolute Gasteiger partial charge is 0.383 e. The van der Waals surface area contributed by atoms with Crippen molar-refractivity contribution >= 4 is 21.8 Å². The van der Waals surface area contributed by atoms with Gasteiger partial charge in [0, 0.05) is 33.2 Å². The van der Waals surface area contributed by atoms with Gasteiger partial charge in [0.15, 0.2) is 0 Å². The smallest absolute Gasteiger partial charge is 0.243 e. The molecule has 8 nitrogen and oxygen atoms in total. The van der Waals surface area contributed by atoms with Crippen molar-refractivity contribution in [3.8, 4) is 0 Å². The second kappa shape index (κ2) is 14.5. The molecule has 39 heavy (non-hydrogen) atoms. The molecule has 1 atom stereocenters. The number of carbonyl (C=O) groups excluding carboxylic acids is 2. The fourth-order valence-corrected chi connectivity index (χ4v) is 4.78. The fourth-order valence-electron chi connectivity index (χ4n) is 4.05. The summed E-state index contributed by atoms with van der Waals surface area (Å²) in [5.74, 6) is -1.38. The van der Waals surface area contributed by atoms with Crippen molar-refractivity contribution in [3.05, 3.63) is 107 Å². The summed E-state index contributed by atoms with van der Waals surface area (Å²) in [5.41, 5.74) is 2.14. The van der Waals surface area contributed by atoms with Crippen molar-refractivity contribution in [1.82, 2.24) is 14.5 Å². The number of methoxy groups -OCH3 is 1. The van der Waals surface area contributed by atoms with Crippen molar-refractivity contribution in [2.75, 3.05) is 33.1 Å². The van der Waals surface area contributed by atoms with Crippen LogP contribution >= 0.6 is 0 Å². The third-order valence-electron chi connectivity index (χ3n) is 6.13. The predicted octanol–water partition coefficient (Wildman–Crippen LogP) is 2.99. The van der Waals surface area contributed by atoms with Gasteiger partial charge in [-0.15, -0.1) is 0 Å². The van der Waals surface area contributed by atoms with Gasteiger partial charge >= 0.3 is 0 Å². The molecule has 3 aromatic carbocycles. The van der Waals surface area contributed by atoms with E-state index in [0.29, 0.717) is 5.56 Å². The Hall–Kier alpha value is -3.60. The molecule has 2 amide bonds. The molecule has 1 N–H and O–H groups in total. The van der Waals surface area contributed by atoms with Crippen LogP contribution in [0.25, 0.3) is 0 Å². The first kappa shape index (κ1) is 29.9. The van der Waals surface area contributed by atoms with E-state index in [0.717, 1.165) is 21.7 Å². The number of hydrogen-bond acceptors (Lipinski definition) is 5. The number of ether oxygens (including phenoxy) is 1. The van der Waals surface area contributed by atoms with Crippen LogP contribution in [0.1, 0.15) is 16.7 Å².